The van der Waals surface area contributed by atoms with Gasteiger partial charge in [0.05, 0.1) is 0 Å². The number of aryl methyl sites for hydroxylation is 1. The first-order valence-electron chi connectivity index (χ1n) is 6.83. The zero-order valence-electron chi connectivity index (χ0n) is 10.3. The molecule has 1 fully saturated rings. The second-order valence-electron chi connectivity index (χ2n) is 5.34. The number of benzene rings is 1. The number of rotatable bonds is 2. The fourth-order valence-electron chi connectivity index (χ4n) is 3.19. The molecule has 2 aliphatic rings. The van der Waals surface area contributed by atoms with E-state index in [9.17, 15) is 0 Å². The standard InChI is InChI=1S/C15H21NS/c16-15-13-8-4-1-5-11(13)9-10-14(15)17-12-6-2-3-7-12/h1,4-5,8,12,14-15H,2-3,6-7,9-10,16H2. The van der Waals surface area contributed by atoms with Crippen LogP contribution in [0, 0.1) is 0 Å². The van der Waals surface area contributed by atoms with Gasteiger partial charge in [-0.1, -0.05) is 37.1 Å². The monoisotopic (exact) mass is 247 g/mol. The van der Waals surface area contributed by atoms with Crippen LogP contribution < -0.4 is 5.73 Å². The van der Waals surface area contributed by atoms with Crippen LogP contribution in [0.4, 0.5) is 0 Å². The van der Waals surface area contributed by atoms with Gasteiger partial charge in [0.25, 0.3) is 0 Å². The Balaban J connectivity index is 1.72. The van der Waals surface area contributed by atoms with Gasteiger partial charge in [0.2, 0.25) is 0 Å². The van der Waals surface area contributed by atoms with Crippen molar-refractivity contribution in [2.24, 2.45) is 5.73 Å². The van der Waals surface area contributed by atoms with Crippen molar-refractivity contribution in [3.05, 3.63) is 35.4 Å². The van der Waals surface area contributed by atoms with E-state index in [0.29, 0.717) is 5.25 Å². The van der Waals surface area contributed by atoms with Crippen LogP contribution in [-0.4, -0.2) is 10.5 Å². The molecule has 1 aromatic rings. The Kier molecular flexibility index (Phi) is 3.44. The van der Waals surface area contributed by atoms with Crippen molar-refractivity contribution in [1.29, 1.82) is 0 Å². The summed E-state index contributed by atoms with van der Waals surface area (Å²) in [6.45, 7) is 0. The molecule has 0 aliphatic heterocycles. The van der Waals surface area contributed by atoms with E-state index < -0.39 is 0 Å². The molecule has 0 saturated heterocycles. The third-order valence-electron chi connectivity index (χ3n) is 4.18. The summed E-state index contributed by atoms with van der Waals surface area (Å²) in [4.78, 5) is 0. The topological polar surface area (TPSA) is 26.0 Å². The van der Waals surface area contributed by atoms with Crippen molar-refractivity contribution >= 4 is 11.8 Å². The molecule has 0 spiro atoms. The molecular formula is C15H21NS. The van der Waals surface area contributed by atoms with Crippen molar-refractivity contribution in [2.75, 3.05) is 0 Å². The molecule has 1 aromatic carbocycles. The van der Waals surface area contributed by atoms with E-state index in [-0.39, 0.29) is 6.04 Å². The third kappa shape index (κ3) is 2.38. The highest BCUT2D eigenvalue weighted by Gasteiger charge is 2.29. The maximum atomic E-state index is 6.45. The Morgan fingerprint density at radius 1 is 1.06 bits per heavy atom. The van der Waals surface area contributed by atoms with E-state index in [1.165, 1.54) is 49.7 Å². The van der Waals surface area contributed by atoms with Crippen molar-refractivity contribution < 1.29 is 0 Å². The number of hydrogen-bond acceptors (Lipinski definition) is 2. The van der Waals surface area contributed by atoms with Crippen LogP contribution in [0.1, 0.15) is 49.3 Å². The predicted molar refractivity (Wildman–Crippen MR) is 75.3 cm³/mol. The fraction of sp³-hybridized carbons (Fsp3) is 0.600. The van der Waals surface area contributed by atoms with E-state index in [1.54, 1.807) is 0 Å². The molecule has 2 atom stereocenters. The lowest BCUT2D eigenvalue weighted by Gasteiger charge is -2.32. The maximum Gasteiger partial charge on any atom is 0.0418 e. The van der Waals surface area contributed by atoms with E-state index >= 15 is 0 Å². The predicted octanol–water partition coefficient (Wildman–Crippen LogP) is 3.68. The van der Waals surface area contributed by atoms with E-state index in [2.05, 4.69) is 36.0 Å². The first kappa shape index (κ1) is 11.6. The second-order valence-corrected chi connectivity index (χ2v) is 6.89. The van der Waals surface area contributed by atoms with Crippen LogP contribution in [0.15, 0.2) is 24.3 Å². The van der Waals surface area contributed by atoms with Gasteiger partial charge < -0.3 is 5.73 Å². The average molecular weight is 247 g/mol. The number of hydrogen-bond donors (Lipinski definition) is 1. The summed E-state index contributed by atoms with van der Waals surface area (Å²) in [6, 6.07) is 8.98. The normalized spacial score (nSPS) is 29.2. The van der Waals surface area contributed by atoms with Crippen molar-refractivity contribution in [3.63, 3.8) is 0 Å². The van der Waals surface area contributed by atoms with Gasteiger partial charge >= 0.3 is 0 Å². The highest BCUT2D eigenvalue weighted by molar-refractivity contribution is 8.00. The van der Waals surface area contributed by atoms with Crippen LogP contribution in [0.2, 0.25) is 0 Å². The van der Waals surface area contributed by atoms with E-state index in [1.807, 2.05) is 0 Å². The maximum absolute atomic E-state index is 6.45. The summed E-state index contributed by atoms with van der Waals surface area (Å²) in [5.74, 6) is 0. The lowest BCUT2D eigenvalue weighted by Crippen LogP contribution is -2.30. The van der Waals surface area contributed by atoms with Crippen LogP contribution in [-0.2, 0) is 6.42 Å². The third-order valence-corrected chi connectivity index (χ3v) is 5.92. The molecule has 0 heterocycles. The average Bonchev–Trinajstić information content (AvgIpc) is 2.86. The van der Waals surface area contributed by atoms with Crippen LogP contribution in [0.3, 0.4) is 0 Å². The zero-order chi connectivity index (χ0) is 11.7. The molecule has 92 valence electrons. The van der Waals surface area contributed by atoms with Crippen LogP contribution in [0.25, 0.3) is 0 Å². The first-order chi connectivity index (χ1) is 8.34. The van der Waals surface area contributed by atoms with E-state index in [0.717, 1.165) is 5.25 Å². The largest absolute Gasteiger partial charge is 0.323 e. The minimum Gasteiger partial charge on any atom is -0.323 e. The van der Waals surface area contributed by atoms with Crippen molar-refractivity contribution in [2.45, 2.75) is 55.1 Å². The summed E-state index contributed by atoms with van der Waals surface area (Å²) >= 11 is 2.17. The van der Waals surface area contributed by atoms with E-state index in [4.69, 9.17) is 5.73 Å². The Labute approximate surface area is 108 Å². The minimum atomic E-state index is 0.255. The summed E-state index contributed by atoms with van der Waals surface area (Å²) < 4.78 is 0. The molecule has 0 radical (unpaired) electrons. The summed E-state index contributed by atoms with van der Waals surface area (Å²) in [5, 5.41) is 1.53. The number of fused-ring (bicyclic) bond motifs is 1. The van der Waals surface area contributed by atoms with Gasteiger partial charge in [-0.2, -0.15) is 11.8 Å². The molecule has 2 heteroatoms. The molecule has 17 heavy (non-hydrogen) atoms. The molecule has 0 aromatic heterocycles. The van der Waals surface area contributed by atoms with Crippen molar-refractivity contribution in [3.8, 4) is 0 Å². The van der Waals surface area contributed by atoms with Crippen LogP contribution in [0.5, 0.6) is 0 Å². The van der Waals surface area contributed by atoms with Gasteiger partial charge in [-0.3, -0.25) is 0 Å². The Bertz CT molecular complexity index is 384. The Hall–Kier alpha value is -0.470. The molecule has 2 unspecified atom stereocenters. The molecule has 0 amide bonds. The summed E-state index contributed by atoms with van der Waals surface area (Å²) in [7, 11) is 0. The van der Waals surface area contributed by atoms with Gasteiger partial charge in [-0.05, 0) is 36.8 Å². The smallest absolute Gasteiger partial charge is 0.0418 e. The lowest BCUT2D eigenvalue weighted by atomic mass is 9.88. The highest BCUT2D eigenvalue weighted by Crippen LogP contribution is 2.41. The fourth-order valence-corrected chi connectivity index (χ4v) is 4.86. The van der Waals surface area contributed by atoms with Gasteiger partial charge in [0.1, 0.15) is 0 Å². The summed E-state index contributed by atoms with van der Waals surface area (Å²) in [5.41, 5.74) is 9.32. The minimum absolute atomic E-state index is 0.255. The molecule has 0 bridgehead atoms. The molecular weight excluding hydrogens is 226 g/mol. The van der Waals surface area contributed by atoms with Gasteiger partial charge in [-0.25, -0.2) is 0 Å². The van der Waals surface area contributed by atoms with Crippen molar-refractivity contribution in [1.82, 2.24) is 0 Å². The molecule has 2 aliphatic carbocycles. The highest BCUT2D eigenvalue weighted by atomic mass is 32.2. The SMILES string of the molecule is NC1c2ccccc2CCC1SC1CCCC1. The summed E-state index contributed by atoms with van der Waals surface area (Å²) in [6.07, 6.45) is 8.16. The Morgan fingerprint density at radius 3 is 2.65 bits per heavy atom. The van der Waals surface area contributed by atoms with Gasteiger partial charge in [0.15, 0.2) is 0 Å². The zero-order valence-corrected chi connectivity index (χ0v) is 11.1. The molecule has 3 rings (SSSR count). The lowest BCUT2D eigenvalue weighted by molar-refractivity contribution is 0.584. The quantitative estimate of drug-likeness (QED) is 0.863. The Morgan fingerprint density at radius 2 is 1.82 bits per heavy atom. The first-order valence-corrected chi connectivity index (χ1v) is 7.78. The molecule has 1 nitrogen and oxygen atoms in total. The molecule has 1 saturated carbocycles. The molecule has 2 N–H and O–H groups in total. The number of thioether (sulfide) groups is 1. The second kappa shape index (κ2) is 5.03. The number of nitrogens with two attached hydrogens (primary N) is 1. The van der Waals surface area contributed by atoms with Gasteiger partial charge in [-0.15, -0.1) is 0 Å². The van der Waals surface area contributed by atoms with Gasteiger partial charge in [0, 0.05) is 16.5 Å². The van der Waals surface area contributed by atoms with Crippen LogP contribution >= 0.6 is 11.8 Å².